The van der Waals surface area contributed by atoms with Crippen molar-refractivity contribution in [3.8, 4) is 0 Å². The Morgan fingerprint density at radius 2 is 2.11 bits per heavy atom. The van der Waals surface area contributed by atoms with E-state index in [4.69, 9.17) is 0 Å². The summed E-state index contributed by atoms with van der Waals surface area (Å²) in [6.45, 7) is -0.260. The zero-order valence-electron chi connectivity index (χ0n) is 4.48. The van der Waals surface area contributed by atoms with Crippen LogP contribution in [-0.4, -0.2) is 12.8 Å². The van der Waals surface area contributed by atoms with Crippen LogP contribution in [0.1, 0.15) is 0 Å². The van der Waals surface area contributed by atoms with Crippen molar-refractivity contribution in [3.63, 3.8) is 0 Å². The van der Waals surface area contributed by atoms with Gasteiger partial charge in [0, 0.05) is 0 Å². The van der Waals surface area contributed by atoms with Crippen LogP contribution in [0.3, 0.4) is 0 Å². The Hall–Kier alpha value is -0.670. The maximum absolute atomic E-state index is 11.6. The number of rotatable bonds is 0. The molecule has 0 spiro atoms. The molecule has 0 N–H and O–H groups in total. The summed E-state index contributed by atoms with van der Waals surface area (Å²) in [5.41, 5.74) is 0. The summed E-state index contributed by atoms with van der Waals surface area (Å²) in [6.07, 6.45) is -2.04. The van der Waals surface area contributed by atoms with Gasteiger partial charge >= 0.3 is 6.18 Å². The predicted molar refractivity (Wildman–Crippen MR) is 24.6 cm³/mol. The molecule has 0 saturated carbocycles. The first kappa shape index (κ1) is 6.45. The fraction of sp³-hybridized carbons (Fsp3) is 0.600. The van der Waals surface area contributed by atoms with Gasteiger partial charge in [-0.2, -0.15) is 13.2 Å². The third-order valence-electron chi connectivity index (χ3n) is 1.10. The molecule has 0 aliphatic carbocycles. The van der Waals surface area contributed by atoms with Crippen molar-refractivity contribution in [2.75, 3.05) is 6.61 Å². The lowest BCUT2D eigenvalue weighted by molar-refractivity contribution is -0.164. The third kappa shape index (κ3) is 1.37. The molecule has 9 heavy (non-hydrogen) atoms. The maximum Gasteiger partial charge on any atom is 0.398 e. The SMILES string of the molecule is FC(F)(F)C1C=COC1. The van der Waals surface area contributed by atoms with E-state index < -0.39 is 12.1 Å². The monoisotopic (exact) mass is 138 g/mol. The van der Waals surface area contributed by atoms with Crippen LogP contribution in [-0.2, 0) is 4.74 Å². The molecule has 1 nitrogen and oxygen atoms in total. The fourth-order valence-electron chi connectivity index (χ4n) is 0.569. The molecule has 0 saturated heterocycles. The largest absolute Gasteiger partial charge is 0.501 e. The molecule has 0 fully saturated rings. The Bertz CT molecular complexity index is 127. The second-order valence-electron chi connectivity index (χ2n) is 1.81. The lowest BCUT2D eigenvalue weighted by Crippen LogP contribution is -2.21. The van der Waals surface area contributed by atoms with Gasteiger partial charge in [-0.3, -0.25) is 0 Å². The average molecular weight is 138 g/mol. The molecule has 1 aliphatic rings. The van der Waals surface area contributed by atoms with Crippen molar-refractivity contribution in [1.29, 1.82) is 0 Å². The molecule has 0 aromatic carbocycles. The molecule has 1 unspecified atom stereocenters. The Kier molecular flexibility index (Phi) is 1.38. The van der Waals surface area contributed by atoms with Crippen LogP contribution in [0, 0.1) is 5.92 Å². The van der Waals surface area contributed by atoms with Crippen molar-refractivity contribution in [2.45, 2.75) is 6.18 Å². The van der Waals surface area contributed by atoms with Crippen molar-refractivity contribution in [3.05, 3.63) is 12.3 Å². The summed E-state index contributed by atoms with van der Waals surface area (Å²) in [6, 6.07) is 0. The number of halogens is 3. The van der Waals surface area contributed by atoms with E-state index in [-0.39, 0.29) is 6.61 Å². The van der Waals surface area contributed by atoms with Crippen molar-refractivity contribution in [1.82, 2.24) is 0 Å². The highest BCUT2D eigenvalue weighted by Crippen LogP contribution is 2.29. The van der Waals surface area contributed by atoms with E-state index in [2.05, 4.69) is 4.74 Å². The fourth-order valence-corrected chi connectivity index (χ4v) is 0.569. The quantitative estimate of drug-likeness (QED) is 0.495. The van der Waals surface area contributed by atoms with E-state index in [0.29, 0.717) is 0 Å². The Balaban J connectivity index is 2.53. The Morgan fingerprint density at radius 1 is 1.44 bits per heavy atom. The molecule has 0 aromatic heterocycles. The maximum atomic E-state index is 11.6. The van der Waals surface area contributed by atoms with Gasteiger partial charge in [-0.05, 0) is 6.08 Å². The lowest BCUT2D eigenvalue weighted by atomic mass is 10.2. The molecular formula is C5H5F3O. The highest BCUT2D eigenvalue weighted by Gasteiger charge is 2.39. The summed E-state index contributed by atoms with van der Waals surface area (Å²) in [5.74, 6) is -1.39. The molecule has 1 atom stereocenters. The highest BCUT2D eigenvalue weighted by molar-refractivity contribution is 4.92. The van der Waals surface area contributed by atoms with Gasteiger partial charge in [-0.25, -0.2) is 0 Å². The van der Waals surface area contributed by atoms with Gasteiger partial charge in [-0.1, -0.05) is 0 Å². The lowest BCUT2D eigenvalue weighted by Gasteiger charge is -2.09. The van der Waals surface area contributed by atoms with Crippen LogP contribution in [0.2, 0.25) is 0 Å². The zero-order chi connectivity index (χ0) is 6.91. The van der Waals surface area contributed by atoms with E-state index in [9.17, 15) is 13.2 Å². The normalized spacial score (nSPS) is 26.3. The topological polar surface area (TPSA) is 9.23 Å². The molecule has 0 bridgehead atoms. The van der Waals surface area contributed by atoms with Crippen LogP contribution >= 0.6 is 0 Å². The first-order chi connectivity index (χ1) is 4.11. The van der Waals surface area contributed by atoms with Crippen LogP contribution in [0.15, 0.2) is 12.3 Å². The van der Waals surface area contributed by atoms with Gasteiger partial charge in [0.2, 0.25) is 0 Å². The van der Waals surface area contributed by atoms with E-state index in [1.54, 1.807) is 0 Å². The van der Waals surface area contributed by atoms with Gasteiger partial charge in [0.05, 0.1) is 6.26 Å². The summed E-state index contributed by atoms with van der Waals surface area (Å²) in [5, 5.41) is 0. The second kappa shape index (κ2) is 1.93. The van der Waals surface area contributed by atoms with Crippen molar-refractivity contribution in [2.24, 2.45) is 5.92 Å². The number of hydrogen-bond acceptors (Lipinski definition) is 1. The number of ether oxygens (including phenoxy) is 1. The first-order valence-electron chi connectivity index (χ1n) is 2.45. The van der Waals surface area contributed by atoms with E-state index in [1.165, 1.54) is 0 Å². The second-order valence-corrected chi connectivity index (χ2v) is 1.81. The van der Waals surface area contributed by atoms with Crippen LogP contribution in [0.5, 0.6) is 0 Å². The summed E-state index contributed by atoms with van der Waals surface area (Å²) >= 11 is 0. The molecule has 1 aliphatic heterocycles. The molecule has 1 heterocycles. The summed E-state index contributed by atoms with van der Waals surface area (Å²) in [4.78, 5) is 0. The van der Waals surface area contributed by atoms with Crippen LogP contribution in [0.4, 0.5) is 13.2 Å². The first-order valence-corrected chi connectivity index (χ1v) is 2.45. The predicted octanol–water partition coefficient (Wildman–Crippen LogP) is 1.71. The van der Waals surface area contributed by atoms with Gasteiger partial charge in [0.15, 0.2) is 0 Å². The minimum Gasteiger partial charge on any atom is -0.501 e. The minimum absolute atomic E-state index is 0.260. The molecule has 0 radical (unpaired) electrons. The molecule has 1 rings (SSSR count). The standard InChI is InChI=1S/C5H5F3O/c6-5(7,8)4-1-2-9-3-4/h1-2,4H,3H2. The summed E-state index contributed by atoms with van der Waals surface area (Å²) < 4.78 is 39.3. The van der Waals surface area contributed by atoms with Gasteiger partial charge in [0.25, 0.3) is 0 Å². The molecule has 0 aromatic rings. The van der Waals surface area contributed by atoms with E-state index in [1.807, 2.05) is 0 Å². The third-order valence-corrected chi connectivity index (χ3v) is 1.10. The Labute approximate surface area is 50.1 Å². The van der Waals surface area contributed by atoms with Crippen molar-refractivity contribution < 1.29 is 17.9 Å². The molecular weight excluding hydrogens is 133 g/mol. The molecule has 52 valence electrons. The molecule has 4 heteroatoms. The minimum atomic E-state index is -4.13. The molecule has 0 amide bonds. The number of hydrogen-bond donors (Lipinski definition) is 0. The van der Waals surface area contributed by atoms with Crippen LogP contribution < -0.4 is 0 Å². The van der Waals surface area contributed by atoms with E-state index in [0.717, 1.165) is 12.3 Å². The van der Waals surface area contributed by atoms with Crippen molar-refractivity contribution >= 4 is 0 Å². The average Bonchev–Trinajstić information content (AvgIpc) is 2.08. The number of alkyl halides is 3. The van der Waals surface area contributed by atoms with Gasteiger partial charge in [-0.15, -0.1) is 0 Å². The van der Waals surface area contributed by atoms with E-state index >= 15 is 0 Å². The smallest absolute Gasteiger partial charge is 0.398 e. The van der Waals surface area contributed by atoms with Gasteiger partial charge < -0.3 is 4.74 Å². The Morgan fingerprint density at radius 3 is 2.33 bits per heavy atom. The van der Waals surface area contributed by atoms with Crippen LogP contribution in [0.25, 0.3) is 0 Å². The van der Waals surface area contributed by atoms with Gasteiger partial charge in [0.1, 0.15) is 12.5 Å². The zero-order valence-corrected chi connectivity index (χ0v) is 4.48. The summed E-state index contributed by atoms with van der Waals surface area (Å²) in [7, 11) is 0. The highest BCUT2D eigenvalue weighted by atomic mass is 19.4.